The third-order valence-electron chi connectivity index (χ3n) is 6.52. The van der Waals surface area contributed by atoms with Crippen molar-refractivity contribution in [1.29, 1.82) is 0 Å². The Labute approximate surface area is 198 Å². The van der Waals surface area contributed by atoms with Crippen LogP contribution >= 0.6 is 0 Å². The first-order chi connectivity index (χ1) is 16.3. The number of rotatable bonds is 6. The first kappa shape index (κ1) is 22.3. The molecule has 9 heteroatoms. The van der Waals surface area contributed by atoms with Gasteiger partial charge in [-0.25, -0.2) is 13.4 Å². The first-order valence-corrected chi connectivity index (χ1v) is 13.2. The van der Waals surface area contributed by atoms with Gasteiger partial charge < -0.3 is 9.88 Å². The Morgan fingerprint density at radius 3 is 2.56 bits per heavy atom. The molecular formula is C25H26N4O4S. The molecule has 34 heavy (non-hydrogen) atoms. The molecule has 1 saturated carbocycles. The molecule has 1 aliphatic carbocycles. The van der Waals surface area contributed by atoms with E-state index in [1.54, 1.807) is 21.9 Å². The molecule has 2 aromatic heterocycles. The van der Waals surface area contributed by atoms with Crippen molar-refractivity contribution >= 4 is 44.6 Å². The number of hydrogen-bond acceptors (Lipinski definition) is 5. The van der Waals surface area contributed by atoms with E-state index in [2.05, 4.69) is 23.0 Å². The van der Waals surface area contributed by atoms with Crippen molar-refractivity contribution in [3.8, 4) is 0 Å². The van der Waals surface area contributed by atoms with Crippen molar-refractivity contribution in [1.82, 2.24) is 14.9 Å². The van der Waals surface area contributed by atoms with Gasteiger partial charge in [0.05, 0.1) is 4.90 Å². The number of sulfone groups is 1. The van der Waals surface area contributed by atoms with Crippen LogP contribution in [0.25, 0.3) is 16.6 Å². The van der Waals surface area contributed by atoms with Crippen LogP contribution in [0.3, 0.4) is 0 Å². The number of H-pyrrole nitrogens is 1. The predicted octanol–water partition coefficient (Wildman–Crippen LogP) is 3.27. The maximum Gasteiger partial charge on any atom is 0.254 e. The molecular weight excluding hydrogens is 452 g/mol. The third-order valence-corrected chi connectivity index (χ3v) is 7.65. The fraction of sp³-hybridized carbons (Fsp3) is 0.320. The summed E-state index contributed by atoms with van der Waals surface area (Å²) in [4.78, 5) is 36.3. The zero-order valence-electron chi connectivity index (χ0n) is 19.1. The molecule has 3 heterocycles. The monoisotopic (exact) mass is 478 g/mol. The number of aromatic nitrogens is 2. The molecule has 1 unspecified atom stereocenters. The van der Waals surface area contributed by atoms with E-state index in [4.69, 9.17) is 0 Å². The van der Waals surface area contributed by atoms with E-state index in [1.165, 1.54) is 12.1 Å². The van der Waals surface area contributed by atoms with Gasteiger partial charge in [-0.05, 0) is 66.3 Å². The molecule has 8 nitrogen and oxygen atoms in total. The molecule has 0 spiro atoms. The molecule has 1 fully saturated rings. The van der Waals surface area contributed by atoms with Crippen molar-refractivity contribution in [2.45, 2.75) is 30.7 Å². The Balaban J connectivity index is 1.43. The summed E-state index contributed by atoms with van der Waals surface area (Å²) in [5.74, 6) is 0.567. The maximum absolute atomic E-state index is 13.1. The van der Waals surface area contributed by atoms with Gasteiger partial charge in [0, 0.05) is 42.5 Å². The van der Waals surface area contributed by atoms with Gasteiger partial charge in [0.15, 0.2) is 9.84 Å². The SMILES string of the molecule is CC1CN(C(=O)c2ccc(S(C)(=O)=O)cc2)CC=C1c1cc(N(C=O)C2CC2)nc2[nH]ccc12. The van der Waals surface area contributed by atoms with Crippen LogP contribution in [0, 0.1) is 5.92 Å². The van der Waals surface area contributed by atoms with Gasteiger partial charge >= 0.3 is 0 Å². The number of nitrogens with zero attached hydrogens (tertiary/aromatic N) is 3. The van der Waals surface area contributed by atoms with E-state index in [1.807, 2.05) is 18.3 Å². The van der Waals surface area contributed by atoms with Crippen LogP contribution in [0.4, 0.5) is 5.82 Å². The lowest BCUT2D eigenvalue weighted by atomic mass is 9.89. The third kappa shape index (κ3) is 4.11. The van der Waals surface area contributed by atoms with E-state index in [-0.39, 0.29) is 22.8 Å². The standard InChI is InChI=1S/C25H26N4O4S/c1-16-14-28(25(31)17-3-7-19(8-4-17)34(2,32)33)12-10-20(16)22-13-23(29(15-30)18-5-6-18)27-24-21(22)9-11-26-24/h3-4,7-11,13,15-16,18H,5-6,12,14H2,1-2H3,(H,26,27). The molecule has 5 rings (SSSR count). The number of amides is 2. The van der Waals surface area contributed by atoms with Crippen molar-refractivity contribution in [3.63, 3.8) is 0 Å². The summed E-state index contributed by atoms with van der Waals surface area (Å²) >= 11 is 0. The van der Waals surface area contributed by atoms with Crippen LogP contribution in [0.5, 0.6) is 0 Å². The molecule has 0 radical (unpaired) electrons. The highest BCUT2D eigenvalue weighted by Crippen LogP contribution is 2.37. The average molecular weight is 479 g/mol. The minimum atomic E-state index is -3.31. The largest absolute Gasteiger partial charge is 0.346 e. The highest BCUT2D eigenvalue weighted by Gasteiger charge is 2.31. The lowest BCUT2D eigenvalue weighted by Crippen LogP contribution is -2.38. The Hall–Kier alpha value is -3.46. The summed E-state index contributed by atoms with van der Waals surface area (Å²) in [5.41, 5.74) is 3.33. The number of aromatic amines is 1. The number of fused-ring (bicyclic) bond motifs is 1. The summed E-state index contributed by atoms with van der Waals surface area (Å²) in [5, 5.41) is 0.986. The molecule has 0 saturated heterocycles. The topological polar surface area (TPSA) is 103 Å². The second-order valence-electron chi connectivity index (χ2n) is 9.08. The lowest BCUT2D eigenvalue weighted by molar-refractivity contribution is -0.107. The van der Waals surface area contributed by atoms with Crippen molar-refractivity contribution in [2.24, 2.45) is 5.92 Å². The van der Waals surface area contributed by atoms with Gasteiger partial charge in [-0.3, -0.25) is 14.5 Å². The van der Waals surface area contributed by atoms with E-state index in [0.717, 1.165) is 47.7 Å². The summed E-state index contributed by atoms with van der Waals surface area (Å²) < 4.78 is 23.4. The molecule has 176 valence electrons. The molecule has 2 aliphatic rings. The average Bonchev–Trinajstić information content (AvgIpc) is 3.53. The summed E-state index contributed by atoms with van der Waals surface area (Å²) in [7, 11) is -3.31. The second-order valence-corrected chi connectivity index (χ2v) is 11.1. The fourth-order valence-electron chi connectivity index (χ4n) is 4.56. The number of benzene rings is 1. The Morgan fingerprint density at radius 2 is 1.94 bits per heavy atom. The van der Waals surface area contributed by atoms with Crippen LogP contribution in [-0.2, 0) is 14.6 Å². The molecule has 3 aromatic rings. The molecule has 1 aromatic carbocycles. The van der Waals surface area contributed by atoms with Crippen LogP contribution < -0.4 is 4.90 Å². The number of hydrogen-bond donors (Lipinski definition) is 1. The minimum Gasteiger partial charge on any atom is -0.346 e. The van der Waals surface area contributed by atoms with Gasteiger partial charge in [-0.1, -0.05) is 13.0 Å². The zero-order valence-corrected chi connectivity index (χ0v) is 19.9. The van der Waals surface area contributed by atoms with Crippen LogP contribution in [-0.4, -0.2) is 61.0 Å². The van der Waals surface area contributed by atoms with Crippen LogP contribution in [0.2, 0.25) is 0 Å². The first-order valence-electron chi connectivity index (χ1n) is 11.3. The van der Waals surface area contributed by atoms with Crippen LogP contribution in [0.15, 0.2) is 53.6 Å². The molecule has 1 N–H and O–H groups in total. The van der Waals surface area contributed by atoms with E-state index >= 15 is 0 Å². The van der Waals surface area contributed by atoms with Crippen LogP contribution in [0.1, 0.15) is 35.7 Å². The lowest BCUT2D eigenvalue weighted by Gasteiger charge is -2.32. The Morgan fingerprint density at radius 1 is 1.21 bits per heavy atom. The Bertz CT molecular complexity index is 1400. The van der Waals surface area contributed by atoms with Gasteiger partial charge in [0.1, 0.15) is 11.5 Å². The number of carbonyl (C=O) groups is 2. The second kappa shape index (κ2) is 8.39. The quantitative estimate of drug-likeness (QED) is 0.548. The van der Waals surface area contributed by atoms with Gasteiger partial charge in [0.25, 0.3) is 5.91 Å². The normalized spacial score (nSPS) is 18.6. The number of nitrogens with one attached hydrogen (secondary N) is 1. The van der Waals surface area contributed by atoms with E-state index in [9.17, 15) is 18.0 Å². The molecule has 2 amide bonds. The fourth-order valence-corrected chi connectivity index (χ4v) is 5.19. The zero-order chi connectivity index (χ0) is 24.0. The molecule has 1 atom stereocenters. The van der Waals surface area contributed by atoms with Crippen molar-refractivity contribution in [2.75, 3.05) is 24.2 Å². The predicted molar refractivity (Wildman–Crippen MR) is 130 cm³/mol. The van der Waals surface area contributed by atoms with Gasteiger partial charge in [-0.15, -0.1) is 0 Å². The highest BCUT2D eigenvalue weighted by atomic mass is 32.2. The summed E-state index contributed by atoms with van der Waals surface area (Å²) in [6, 6.07) is 10.2. The highest BCUT2D eigenvalue weighted by molar-refractivity contribution is 7.90. The van der Waals surface area contributed by atoms with Gasteiger partial charge in [-0.2, -0.15) is 0 Å². The smallest absolute Gasteiger partial charge is 0.254 e. The van der Waals surface area contributed by atoms with E-state index in [0.29, 0.717) is 24.5 Å². The maximum atomic E-state index is 13.1. The molecule has 0 bridgehead atoms. The van der Waals surface area contributed by atoms with E-state index < -0.39 is 9.84 Å². The van der Waals surface area contributed by atoms with Gasteiger partial charge in [0.2, 0.25) is 6.41 Å². The number of carbonyl (C=O) groups excluding carboxylic acids is 2. The van der Waals surface area contributed by atoms with Crippen molar-refractivity contribution in [3.05, 3.63) is 59.8 Å². The number of anilines is 1. The summed E-state index contributed by atoms with van der Waals surface area (Å²) in [6.07, 6.45) is 7.88. The van der Waals surface area contributed by atoms with Crippen molar-refractivity contribution < 1.29 is 18.0 Å². The molecule has 1 aliphatic heterocycles. The summed E-state index contributed by atoms with van der Waals surface area (Å²) in [6.45, 7) is 3.05. The minimum absolute atomic E-state index is 0.0620. The number of pyridine rings is 1. The Kier molecular flexibility index (Phi) is 5.51.